The van der Waals surface area contributed by atoms with Crippen molar-refractivity contribution in [3.05, 3.63) is 64.2 Å². The number of amides is 2. The quantitative estimate of drug-likeness (QED) is 0.431. The summed E-state index contributed by atoms with van der Waals surface area (Å²) in [6.45, 7) is 5.45. The SMILES string of the molecule is CCNC(=NCc1ccc(C(=O)N(C)C)cc1)NCCC(=O)Nc1cccc(Cl)c1C. The van der Waals surface area contributed by atoms with Gasteiger partial charge in [0.2, 0.25) is 5.91 Å². The fraction of sp³-hybridized carbons (Fsp3) is 0.348. The number of hydrogen-bond acceptors (Lipinski definition) is 3. The van der Waals surface area contributed by atoms with E-state index in [9.17, 15) is 9.59 Å². The number of halogens is 1. The Morgan fingerprint density at radius 3 is 2.42 bits per heavy atom. The number of guanidine groups is 1. The van der Waals surface area contributed by atoms with Crippen LogP contribution in [-0.4, -0.2) is 49.9 Å². The van der Waals surface area contributed by atoms with Gasteiger partial charge in [0.05, 0.1) is 6.54 Å². The highest BCUT2D eigenvalue weighted by Gasteiger charge is 2.08. The van der Waals surface area contributed by atoms with Crippen LogP contribution in [-0.2, 0) is 11.3 Å². The van der Waals surface area contributed by atoms with E-state index >= 15 is 0 Å². The third-order valence-corrected chi connectivity index (χ3v) is 4.97. The first-order valence-corrected chi connectivity index (χ1v) is 10.6. The van der Waals surface area contributed by atoms with Gasteiger partial charge in [0, 0.05) is 49.9 Å². The average molecular weight is 444 g/mol. The second-order valence-electron chi connectivity index (χ2n) is 7.23. The number of nitrogens with zero attached hydrogens (tertiary/aromatic N) is 2. The summed E-state index contributed by atoms with van der Waals surface area (Å²) in [5.74, 6) is 0.494. The van der Waals surface area contributed by atoms with Crippen molar-refractivity contribution in [2.75, 3.05) is 32.5 Å². The summed E-state index contributed by atoms with van der Waals surface area (Å²) in [6, 6.07) is 12.8. The molecule has 0 radical (unpaired) electrons. The number of aliphatic imine (C=N–C) groups is 1. The summed E-state index contributed by atoms with van der Waals surface area (Å²) in [7, 11) is 3.46. The van der Waals surface area contributed by atoms with Crippen LogP contribution in [0.15, 0.2) is 47.5 Å². The summed E-state index contributed by atoms with van der Waals surface area (Å²) in [6.07, 6.45) is 0.289. The first-order chi connectivity index (χ1) is 14.8. The van der Waals surface area contributed by atoms with Crippen molar-refractivity contribution in [1.29, 1.82) is 0 Å². The highest BCUT2D eigenvalue weighted by molar-refractivity contribution is 6.31. The van der Waals surface area contributed by atoms with E-state index < -0.39 is 0 Å². The zero-order valence-corrected chi connectivity index (χ0v) is 19.2. The van der Waals surface area contributed by atoms with E-state index in [0.29, 0.717) is 41.9 Å². The molecule has 2 rings (SSSR count). The molecule has 0 aliphatic rings. The number of carbonyl (C=O) groups is 2. The maximum Gasteiger partial charge on any atom is 0.253 e. The van der Waals surface area contributed by atoms with Gasteiger partial charge in [0.25, 0.3) is 5.91 Å². The van der Waals surface area contributed by atoms with Gasteiger partial charge in [-0.25, -0.2) is 4.99 Å². The van der Waals surface area contributed by atoms with E-state index in [0.717, 1.165) is 11.1 Å². The van der Waals surface area contributed by atoms with Crippen LogP contribution in [0.25, 0.3) is 0 Å². The zero-order valence-electron chi connectivity index (χ0n) is 18.5. The van der Waals surface area contributed by atoms with E-state index in [1.54, 1.807) is 37.2 Å². The molecule has 0 fully saturated rings. The van der Waals surface area contributed by atoms with Gasteiger partial charge in [0.15, 0.2) is 5.96 Å². The molecule has 2 aromatic carbocycles. The molecule has 2 amide bonds. The van der Waals surface area contributed by atoms with Crippen LogP contribution < -0.4 is 16.0 Å². The number of rotatable bonds is 8. The number of benzene rings is 2. The molecule has 31 heavy (non-hydrogen) atoms. The average Bonchev–Trinajstić information content (AvgIpc) is 2.75. The maximum absolute atomic E-state index is 12.2. The maximum atomic E-state index is 12.2. The van der Waals surface area contributed by atoms with Crippen molar-refractivity contribution in [1.82, 2.24) is 15.5 Å². The van der Waals surface area contributed by atoms with Crippen molar-refractivity contribution in [3.8, 4) is 0 Å². The molecule has 8 heteroatoms. The summed E-state index contributed by atoms with van der Waals surface area (Å²) in [4.78, 5) is 30.3. The number of carbonyl (C=O) groups excluding carboxylic acids is 2. The van der Waals surface area contributed by atoms with Crippen LogP contribution >= 0.6 is 11.6 Å². The van der Waals surface area contributed by atoms with Gasteiger partial charge in [-0.1, -0.05) is 29.8 Å². The van der Waals surface area contributed by atoms with Gasteiger partial charge in [-0.2, -0.15) is 0 Å². The number of anilines is 1. The molecule has 2 aromatic rings. The smallest absolute Gasteiger partial charge is 0.253 e. The molecule has 7 nitrogen and oxygen atoms in total. The molecule has 0 atom stereocenters. The van der Waals surface area contributed by atoms with Crippen molar-refractivity contribution in [3.63, 3.8) is 0 Å². The largest absolute Gasteiger partial charge is 0.357 e. The molecule has 0 saturated carbocycles. The summed E-state index contributed by atoms with van der Waals surface area (Å²) >= 11 is 6.09. The summed E-state index contributed by atoms with van der Waals surface area (Å²) < 4.78 is 0. The van der Waals surface area contributed by atoms with E-state index in [-0.39, 0.29) is 18.2 Å². The Morgan fingerprint density at radius 1 is 1.06 bits per heavy atom. The fourth-order valence-corrected chi connectivity index (χ4v) is 2.95. The Balaban J connectivity index is 1.87. The van der Waals surface area contributed by atoms with Crippen molar-refractivity contribution in [2.45, 2.75) is 26.8 Å². The molecule has 3 N–H and O–H groups in total. The van der Waals surface area contributed by atoms with Gasteiger partial charge in [-0.05, 0) is 49.2 Å². The minimum Gasteiger partial charge on any atom is -0.357 e. The van der Waals surface area contributed by atoms with Crippen LogP contribution in [0.4, 0.5) is 5.69 Å². The molecular weight excluding hydrogens is 414 g/mol. The molecule has 0 aromatic heterocycles. The monoisotopic (exact) mass is 443 g/mol. The Kier molecular flexibility index (Phi) is 9.34. The molecule has 0 heterocycles. The Bertz CT molecular complexity index is 926. The molecule has 0 bridgehead atoms. The second-order valence-corrected chi connectivity index (χ2v) is 7.64. The minimum atomic E-state index is -0.102. The topological polar surface area (TPSA) is 85.8 Å². The Morgan fingerprint density at radius 2 is 1.77 bits per heavy atom. The van der Waals surface area contributed by atoms with E-state index in [1.165, 1.54) is 0 Å². The predicted molar refractivity (Wildman–Crippen MR) is 127 cm³/mol. The van der Waals surface area contributed by atoms with E-state index in [1.807, 2.05) is 38.1 Å². The van der Waals surface area contributed by atoms with Crippen LogP contribution in [0.3, 0.4) is 0 Å². The fourth-order valence-electron chi connectivity index (χ4n) is 2.77. The van der Waals surface area contributed by atoms with E-state index in [4.69, 9.17) is 11.6 Å². The van der Waals surface area contributed by atoms with Crippen LogP contribution in [0.1, 0.15) is 34.8 Å². The molecule has 0 spiro atoms. The number of nitrogens with one attached hydrogen (secondary N) is 3. The summed E-state index contributed by atoms with van der Waals surface area (Å²) in [5, 5.41) is 9.84. The van der Waals surface area contributed by atoms with E-state index in [2.05, 4.69) is 20.9 Å². The molecule has 0 aliphatic heterocycles. The van der Waals surface area contributed by atoms with Gasteiger partial charge >= 0.3 is 0 Å². The molecule has 0 aliphatic carbocycles. The molecule has 166 valence electrons. The predicted octanol–water partition coefficient (Wildman–Crippen LogP) is 3.43. The lowest BCUT2D eigenvalue weighted by molar-refractivity contribution is -0.116. The second kappa shape index (κ2) is 12.0. The number of hydrogen-bond donors (Lipinski definition) is 3. The van der Waals surface area contributed by atoms with Gasteiger partial charge in [-0.15, -0.1) is 0 Å². The van der Waals surface area contributed by atoms with Gasteiger partial charge < -0.3 is 20.9 Å². The Hall–Kier alpha value is -3.06. The highest BCUT2D eigenvalue weighted by atomic mass is 35.5. The van der Waals surface area contributed by atoms with Crippen molar-refractivity contribution >= 4 is 35.1 Å². The lowest BCUT2D eigenvalue weighted by Gasteiger charge is -2.13. The van der Waals surface area contributed by atoms with Crippen molar-refractivity contribution < 1.29 is 9.59 Å². The zero-order chi connectivity index (χ0) is 22.8. The standard InChI is InChI=1S/C23H30ClN5O2/c1-5-25-23(27-15-17-9-11-18(12-10-17)22(31)29(3)4)26-14-13-21(30)28-20-8-6-7-19(24)16(20)2/h6-12H,5,13-15H2,1-4H3,(H,28,30)(H2,25,26,27). The van der Waals surface area contributed by atoms with Crippen LogP contribution in [0.2, 0.25) is 5.02 Å². The first-order valence-electron chi connectivity index (χ1n) is 10.2. The van der Waals surface area contributed by atoms with Gasteiger partial charge in [-0.3, -0.25) is 9.59 Å². The normalized spacial score (nSPS) is 11.1. The third kappa shape index (κ3) is 7.61. The summed E-state index contributed by atoms with van der Waals surface area (Å²) in [5.41, 5.74) is 3.19. The van der Waals surface area contributed by atoms with Gasteiger partial charge in [0.1, 0.15) is 0 Å². The highest BCUT2D eigenvalue weighted by Crippen LogP contribution is 2.22. The first kappa shape index (κ1) is 24.2. The van der Waals surface area contributed by atoms with Crippen molar-refractivity contribution in [2.24, 2.45) is 4.99 Å². The molecular formula is C23H30ClN5O2. The lowest BCUT2D eigenvalue weighted by Crippen LogP contribution is -2.38. The van der Waals surface area contributed by atoms with Crippen LogP contribution in [0.5, 0.6) is 0 Å². The lowest BCUT2D eigenvalue weighted by atomic mass is 10.1. The third-order valence-electron chi connectivity index (χ3n) is 4.56. The van der Waals surface area contributed by atoms with Crippen LogP contribution in [0, 0.1) is 6.92 Å². The Labute approximate surface area is 188 Å². The molecule has 0 saturated heterocycles. The molecule has 0 unspecified atom stereocenters. The minimum absolute atomic E-state index is 0.0312.